The molecule has 1 saturated heterocycles. The summed E-state index contributed by atoms with van der Waals surface area (Å²) in [6.45, 7) is 10.8. The molecule has 0 radical (unpaired) electrons. The Morgan fingerprint density at radius 1 is 1.21 bits per heavy atom. The lowest BCUT2D eigenvalue weighted by molar-refractivity contribution is 0.123. The third-order valence-electron chi connectivity index (χ3n) is 5.04. The van der Waals surface area contributed by atoms with E-state index in [0.29, 0.717) is 6.04 Å². The van der Waals surface area contributed by atoms with Gasteiger partial charge in [-0.05, 0) is 64.0 Å². The van der Waals surface area contributed by atoms with Crippen LogP contribution >= 0.6 is 24.0 Å². The molecule has 1 atom stereocenters. The summed E-state index contributed by atoms with van der Waals surface area (Å²) >= 11 is 0. The van der Waals surface area contributed by atoms with E-state index in [1.807, 2.05) is 7.05 Å². The number of aliphatic imine (C=N–C) groups is 1. The van der Waals surface area contributed by atoms with Gasteiger partial charge in [-0.2, -0.15) is 0 Å². The Kier molecular flexibility index (Phi) is 11.3. The second-order valence-electron chi connectivity index (χ2n) is 7.32. The van der Waals surface area contributed by atoms with Crippen LogP contribution in [-0.2, 0) is 4.74 Å². The maximum Gasteiger partial charge on any atom is 0.191 e. The molecule has 0 bridgehead atoms. The van der Waals surface area contributed by atoms with E-state index in [1.165, 1.54) is 38.8 Å². The summed E-state index contributed by atoms with van der Waals surface area (Å²) in [5, 5.41) is 6.83. The van der Waals surface area contributed by atoms with Crippen molar-refractivity contribution in [2.24, 2.45) is 16.8 Å². The lowest BCUT2D eigenvalue weighted by Crippen LogP contribution is -2.48. The lowest BCUT2D eigenvalue weighted by atomic mass is 9.98. The van der Waals surface area contributed by atoms with E-state index in [-0.39, 0.29) is 24.0 Å². The molecule has 0 amide bonds. The molecule has 24 heavy (non-hydrogen) atoms. The Morgan fingerprint density at radius 2 is 1.92 bits per heavy atom. The smallest absolute Gasteiger partial charge is 0.191 e. The van der Waals surface area contributed by atoms with Crippen molar-refractivity contribution in [2.75, 3.05) is 46.4 Å². The Morgan fingerprint density at radius 3 is 2.54 bits per heavy atom. The fraction of sp³-hybridized carbons (Fsp3) is 0.944. The van der Waals surface area contributed by atoms with Crippen molar-refractivity contribution >= 4 is 29.9 Å². The normalized spacial score (nSPS) is 21.2. The summed E-state index contributed by atoms with van der Waals surface area (Å²) in [4.78, 5) is 6.90. The number of hydrogen-bond donors (Lipinski definition) is 2. The van der Waals surface area contributed by atoms with Crippen molar-refractivity contribution in [1.29, 1.82) is 0 Å². The number of nitrogens with one attached hydrogen (secondary N) is 2. The molecule has 142 valence electrons. The van der Waals surface area contributed by atoms with Gasteiger partial charge >= 0.3 is 0 Å². The molecular weight excluding hydrogens is 415 g/mol. The van der Waals surface area contributed by atoms with Gasteiger partial charge < -0.3 is 15.4 Å². The molecule has 1 heterocycles. The van der Waals surface area contributed by atoms with E-state index < -0.39 is 0 Å². The molecule has 0 spiro atoms. The highest BCUT2D eigenvalue weighted by atomic mass is 127. The average Bonchev–Trinajstić information content (AvgIpc) is 3.38. The number of guanidine groups is 1. The number of piperidine rings is 1. The third kappa shape index (κ3) is 8.85. The summed E-state index contributed by atoms with van der Waals surface area (Å²) in [7, 11) is 1.84. The molecule has 2 fully saturated rings. The molecule has 2 rings (SSSR count). The van der Waals surface area contributed by atoms with E-state index in [9.17, 15) is 0 Å². The van der Waals surface area contributed by atoms with Crippen LogP contribution in [0.1, 0.15) is 46.0 Å². The molecule has 0 aromatic heterocycles. The predicted octanol–water partition coefficient (Wildman–Crippen LogP) is 2.71. The Balaban J connectivity index is 0.00000288. The van der Waals surface area contributed by atoms with Crippen molar-refractivity contribution in [2.45, 2.75) is 52.0 Å². The van der Waals surface area contributed by atoms with E-state index in [0.717, 1.165) is 50.5 Å². The zero-order valence-electron chi connectivity index (χ0n) is 15.7. The molecule has 2 N–H and O–H groups in total. The zero-order chi connectivity index (χ0) is 16.5. The molecular formula is C18H37IN4O. The standard InChI is InChI=1S/C18H36N4O.HI/c1-15-7-10-22(11-8-15)16(2)13-21-18(19-3)20-9-4-12-23-14-17-5-6-17;/h15-17H,4-14H2,1-3H3,(H2,19,20,21);1H. The van der Waals surface area contributed by atoms with Crippen LogP contribution < -0.4 is 10.6 Å². The predicted molar refractivity (Wildman–Crippen MR) is 112 cm³/mol. The topological polar surface area (TPSA) is 48.9 Å². The first-order chi connectivity index (χ1) is 11.2. The number of hydrogen-bond acceptors (Lipinski definition) is 3. The monoisotopic (exact) mass is 452 g/mol. The highest BCUT2D eigenvalue weighted by molar-refractivity contribution is 14.0. The van der Waals surface area contributed by atoms with Crippen molar-refractivity contribution < 1.29 is 4.74 Å². The van der Waals surface area contributed by atoms with Gasteiger partial charge in [0.25, 0.3) is 0 Å². The Hall–Kier alpha value is -0.0800. The highest BCUT2D eigenvalue weighted by Gasteiger charge is 2.21. The first-order valence-corrected chi connectivity index (χ1v) is 9.45. The molecule has 1 aliphatic heterocycles. The van der Waals surface area contributed by atoms with E-state index in [4.69, 9.17) is 4.74 Å². The van der Waals surface area contributed by atoms with Crippen LogP contribution in [0.4, 0.5) is 0 Å². The molecule has 1 unspecified atom stereocenters. The maximum atomic E-state index is 5.65. The maximum absolute atomic E-state index is 5.65. The molecule has 5 nitrogen and oxygen atoms in total. The summed E-state index contributed by atoms with van der Waals surface area (Å²) in [6.07, 6.45) is 6.43. The summed E-state index contributed by atoms with van der Waals surface area (Å²) in [6, 6.07) is 0.558. The van der Waals surface area contributed by atoms with Crippen LogP contribution in [0, 0.1) is 11.8 Å². The molecule has 2 aliphatic rings. The third-order valence-corrected chi connectivity index (χ3v) is 5.04. The minimum atomic E-state index is 0. The van der Waals surface area contributed by atoms with Crippen LogP contribution in [0.5, 0.6) is 0 Å². The first kappa shape index (κ1) is 22.0. The van der Waals surface area contributed by atoms with E-state index >= 15 is 0 Å². The quantitative estimate of drug-likeness (QED) is 0.245. The minimum absolute atomic E-state index is 0. The van der Waals surface area contributed by atoms with Gasteiger partial charge in [0, 0.05) is 39.4 Å². The molecule has 0 aromatic carbocycles. The molecule has 1 saturated carbocycles. The van der Waals surface area contributed by atoms with Crippen LogP contribution in [0.3, 0.4) is 0 Å². The van der Waals surface area contributed by atoms with Gasteiger partial charge in [0.1, 0.15) is 0 Å². The Labute approximate surface area is 165 Å². The van der Waals surface area contributed by atoms with Gasteiger partial charge in [-0.15, -0.1) is 24.0 Å². The summed E-state index contributed by atoms with van der Waals surface area (Å²) in [5.41, 5.74) is 0. The fourth-order valence-electron chi connectivity index (χ4n) is 2.98. The van der Waals surface area contributed by atoms with Crippen LogP contribution in [0.15, 0.2) is 4.99 Å². The van der Waals surface area contributed by atoms with Crippen molar-refractivity contribution in [1.82, 2.24) is 15.5 Å². The number of halogens is 1. The SMILES string of the molecule is CN=C(NCCCOCC1CC1)NCC(C)N1CCC(C)CC1.I. The second kappa shape index (κ2) is 12.3. The van der Waals surface area contributed by atoms with E-state index in [2.05, 4.69) is 34.4 Å². The number of nitrogens with zero attached hydrogens (tertiary/aromatic N) is 2. The largest absolute Gasteiger partial charge is 0.381 e. The summed E-state index contributed by atoms with van der Waals surface area (Å²) in [5.74, 6) is 2.66. The number of rotatable bonds is 9. The first-order valence-electron chi connectivity index (χ1n) is 9.45. The van der Waals surface area contributed by atoms with Crippen LogP contribution in [0.2, 0.25) is 0 Å². The van der Waals surface area contributed by atoms with Gasteiger partial charge in [0.15, 0.2) is 5.96 Å². The summed E-state index contributed by atoms with van der Waals surface area (Å²) < 4.78 is 5.65. The van der Waals surface area contributed by atoms with Crippen molar-refractivity contribution in [3.8, 4) is 0 Å². The molecule has 1 aliphatic carbocycles. The average molecular weight is 452 g/mol. The number of ether oxygens (including phenoxy) is 1. The number of likely N-dealkylation sites (tertiary alicyclic amines) is 1. The second-order valence-corrected chi connectivity index (χ2v) is 7.32. The molecule has 0 aromatic rings. The van der Waals surface area contributed by atoms with Crippen LogP contribution in [-0.4, -0.2) is 63.3 Å². The Bertz CT molecular complexity index is 355. The van der Waals surface area contributed by atoms with Gasteiger partial charge in [-0.1, -0.05) is 6.92 Å². The lowest BCUT2D eigenvalue weighted by Gasteiger charge is -2.35. The van der Waals surface area contributed by atoms with Crippen molar-refractivity contribution in [3.63, 3.8) is 0 Å². The van der Waals surface area contributed by atoms with Gasteiger partial charge in [0.05, 0.1) is 0 Å². The zero-order valence-corrected chi connectivity index (χ0v) is 18.1. The highest BCUT2D eigenvalue weighted by Crippen LogP contribution is 2.28. The van der Waals surface area contributed by atoms with Gasteiger partial charge in [-0.3, -0.25) is 9.89 Å². The van der Waals surface area contributed by atoms with Crippen LogP contribution in [0.25, 0.3) is 0 Å². The van der Waals surface area contributed by atoms with Gasteiger partial charge in [0.2, 0.25) is 0 Å². The van der Waals surface area contributed by atoms with Gasteiger partial charge in [-0.25, -0.2) is 0 Å². The van der Waals surface area contributed by atoms with Crippen molar-refractivity contribution in [3.05, 3.63) is 0 Å². The minimum Gasteiger partial charge on any atom is -0.381 e. The van der Waals surface area contributed by atoms with E-state index in [1.54, 1.807) is 0 Å². The molecule has 6 heteroatoms. The fourth-order valence-corrected chi connectivity index (χ4v) is 2.98.